The van der Waals surface area contributed by atoms with Gasteiger partial charge in [-0.15, -0.1) is 0 Å². The molecule has 1 saturated heterocycles. The molecule has 0 bridgehead atoms. The van der Waals surface area contributed by atoms with Gasteiger partial charge in [-0.05, 0) is 48.9 Å². The Bertz CT molecular complexity index is 1120. The minimum Gasteiger partial charge on any atom is -0.357 e. The highest BCUT2D eigenvalue weighted by atomic mass is 15.2. The Morgan fingerprint density at radius 2 is 1.71 bits per heavy atom. The monoisotopic (exact) mass is 369 g/mol. The van der Waals surface area contributed by atoms with E-state index in [1.807, 2.05) is 42.6 Å². The average Bonchev–Trinajstić information content (AvgIpc) is 3.19. The summed E-state index contributed by atoms with van der Waals surface area (Å²) < 4.78 is 2.04. The van der Waals surface area contributed by atoms with E-state index in [0.717, 1.165) is 46.8 Å². The molecule has 0 aliphatic carbocycles. The number of piperidine rings is 1. The molecule has 4 heterocycles. The van der Waals surface area contributed by atoms with Crippen molar-refractivity contribution >= 4 is 16.6 Å². The van der Waals surface area contributed by atoms with Gasteiger partial charge in [0.15, 0.2) is 0 Å². The van der Waals surface area contributed by atoms with Gasteiger partial charge in [-0.25, -0.2) is 9.97 Å². The molecule has 1 aliphatic rings. The number of aromatic nitrogens is 4. The zero-order valence-corrected chi connectivity index (χ0v) is 16.0. The first kappa shape index (κ1) is 16.9. The molecule has 5 rings (SSSR count). The molecule has 0 spiro atoms. The molecule has 1 aromatic carbocycles. The maximum Gasteiger partial charge on any atom is 0.129 e. The first-order valence-corrected chi connectivity index (χ1v) is 9.86. The standard InChI is InChI=1S/C23H23N5/c1-27-16-24-15-22(27)18-5-6-19-14-26-21(12-20(19)11-18)17-7-8-25-23(13-17)28-9-3-2-4-10-28/h5-8,11-16H,2-4,9-10H2,1H3. The lowest BCUT2D eigenvalue weighted by Crippen LogP contribution is -2.30. The lowest BCUT2D eigenvalue weighted by Gasteiger charge is -2.27. The summed E-state index contributed by atoms with van der Waals surface area (Å²) in [5.41, 5.74) is 4.36. The third kappa shape index (κ3) is 3.13. The predicted molar refractivity (Wildman–Crippen MR) is 113 cm³/mol. The number of fused-ring (bicyclic) bond motifs is 1. The van der Waals surface area contributed by atoms with Crippen molar-refractivity contribution in [3.05, 3.63) is 61.3 Å². The van der Waals surface area contributed by atoms with Crippen LogP contribution in [0.5, 0.6) is 0 Å². The number of benzene rings is 1. The van der Waals surface area contributed by atoms with Crippen molar-refractivity contribution in [2.24, 2.45) is 7.05 Å². The summed E-state index contributed by atoms with van der Waals surface area (Å²) >= 11 is 0. The van der Waals surface area contributed by atoms with Crippen LogP contribution in [0.15, 0.2) is 61.3 Å². The minimum absolute atomic E-state index is 0.982. The number of rotatable bonds is 3. The lowest BCUT2D eigenvalue weighted by atomic mass is 10.0. The molecule has 0 unspecified atom stereocenters. The topological polar surface area (TPSA) is 46.8 Å². The zero-order chi connectivity index (χ0) is 18.9. The van der Waals surface area contributed by atoms with E-state index in [-0.39, 0.29) is 0 Å². The maximum atomic E-state index is 4.71. The van der Waals surface area contributed by atoms with E-state index in [9.17, 15) is 0 Å². The van der Waals surface area contributed by atoms with Gasteiger partial charge in [0.25, 0.3) is 0 Å². The van der Waals surface area contributed by atoms with E-state index in [4.69, 9.17) is 4.98 Å². The van der Waals surface area contributed by atoms with Gasteiger partial charge in [0.05, 0.1) is 23.9 Å². The van der Waals surface area contributed by atoms with Crippen molar-refractivity contribution in [3.63, 3.8) is 0 Å². The molecule has 1 aliphatic heterocycles. The zero-order valence-electron chi connectivity index (χ0n) is 16.0. The van der Waals surface area contributed by atoms with Crippen LogP contribution in [0.3, 0.4) is 0 Å². The highest BCUT2D eigenvalue weighted by Gasteiger charge is 2.13. The number of imidazole rings is 1. The first-order chi connectivity index (χ1) is 13.8. The second-order valence-corrected chi connectivity index (χ2v) is 7.47. The third-order valence-corrected chi connectivity index (χ3v) is 5.56. The SMILES string of the molecule is Cn1cncc1-c1ccc2cnc(-c3ccnc(N4CCCCC4)c3)cc2c1. The molecule has 0 N–H and O–H groups in total. The van der Waals surface area contributed by atoms with Crippen molar-refractivity contribution in [2.45, 2.75) is 19.3 Å². The second kappa shape index (κ2) is 7.08. The van der Waals surface area contributed by atoms with Crippen LogP contribution in [0.1, 0.15) is 19.3 Å². The van der Waals surface area contributed by atoms with Crippen LogP contribution in [-0.2, 0) is 7.05 Å². The molecule has 0 amide bonds. The molecule has 5 nitrogen and oxygen atoms in total. The number of anilines is 1. The molecule has 3 aromatic heterocycles. The van der Waals surface area contributed by atoms with Gasteiger partial charge in [-0.3, -0.25) is 4.98 Å². The van der Waals surface area contributed by atoms with E-state index in [2.05, 4.69) is 45.2 Å². The van der Waals surface area contributed by atoms with Crippen LogP contribution in [0.2, 0.25) is 0 Å². The Morgan fingerprint density at radius 1 is 0.821 bits per heavy atom. The van der Waals surface area contributed by atoms with Crippen LogP contribution >= 0.6 is 0 Å². The van der Waals surface area contributed by atoms with E-state index < -0.39 is 0 Å². The molecule has 4 aromatic rings. The van der Waals surface area contributed by atoms with Gasteiger partial charge < -0.3 is 9.47 Å². The molecule has 5 heteroatoms. The summed E-state index contributed by atoms with van der Waals surface area (Å²) in [5.74, 6) is 1.06. The first-order valence-electron chi connectivity index (χ1n) is 9.86. The average molecular weight is 369 g/mol. The Kier molecular flexibility index (Phi) is 4.28. The summed E-state index contributed by atoms with van der Waals surface area (Å²) in [5, 5.41) is 2.32. The molecule has 140 valence electrons. The Balaban J connectivity index is 1.53. The molecular formula is C23H23N5. The van der Waals surface area contributed by atoms with Crippen molar-refractivity contribution in [1.29, 1.82) is 0 Å². The largest absolute Gasteiger partial charge is 0.357 e. The van der Waals surface area contributed by atoms with Crippen LogP contribution in [0.25, 0.3) is 33.3 Å². The van der Waals surface area contributed by atoms with Crippen LogP contribution in [0, 0.1) is 0 Å². The molecule has 28 heavy (non-hydrogen) atoms. The maximum absolute atomic E-state index is 4.71. The normalized spacial score (nSPS) is 14.5. The Hall–Kier alpha value is -3.21. The summed E-state index contributed by atoms with van der Waals surface area (Å²) in [7, 11) is 2.02. The number of aryl methyl sites for hydroxylation is 1. The lowest BCUT2D eigenvalue weighted by molar-refractivity contribution is 0.573. The van der Waals surface area contributed by atoms with Crippen LogP contribution < -0.4 is 4.90 Å². The van der Waals surface area contributed by atoms with Gasteiger partial charge in [0.1, 0.15) is 5.82 Å². The van der Waals surface area contributed by atoms with E-state index in [0.29, 0.717) is 0 Å². The van der Waals surface area contributed by atoms with E-state index in [1.54, 1.807) is 0 Å². The van der Waals surface area contributed by atoms with E-state index >= 15 is 0 Å². The fraction of sp³-hybridized carbons (Fsp3) is 0.261. The van der Waals surface area contributed by atoms with Crippen molar-refractivity contribution < 1.29 is 0 Å². The predicted octanol–water partition coefficient (Wildman–Crippen LogP) is 4.69. The number of nitrogens with zero attached hydrogens (tertiary/aromatic N) is 5. The van der Waals surface area contributed by atoms with Crippen molar-refractivity contribution in [1.82, 2.24) is 19.5 Å². The van der Waals surface area contributed by atoms with Gasteiger partial charge in [-0.1, -0.05) is 12.1 Å². The van der Waals surface area contributed by atoms with Gasteiger partial charge in [0, 0.05) is 49.0 Å². The van der Waals surface area contributed by atoms with Crippen LogP contribution in [-0.4, -0.2) is 32.6 Å². The van der Waals surface area contributed by atoms with E-state index in [1.165, 1.54) is 24.6 Å². The highest BCUT2D eigenvalue weighted by Crippen LogP contribution is 2.28. The van der Waals surface area contributed by atoms with Crippen molar-refractivity contribution in [2.75, 3.05) is 18.0 Å². The molecule has 0 atom stereocenters. The molecule has 1 fully saturated rings. The van der Waals surface area contributed by atoms with Crippen LogP contribution in [0.4, 0.5) is 5.82 Å². The third-order valence-electron chi connectivity index (χ3n) is 5.56. The Morgan fingerprint density at radius 3 is 2.54 bits per heavy atom. The highest BCUT2D eigenvalue weighted by molar-refractivity contribution is 5.89. The summed E-state index contributed by atoms with van der Waals surface area (Å²) in [6, 6.07) is 12.9. The second-order valence-electron chi connectivity index (χ2n) is 7.47. The smallest absolute Gasteiger partial charge is 0.129 e. The molecule has 0 saturated carbocycles. The minimum atomic E-state index is 0.982. The number of hydrogen-bond donors (Lipinski definition) is 0. The van der Waals surface area contributed by atoms with Gasteiger partial charge in [-0.2, -0.15) is 0 Å². The Labute approximate surface area is 164 Å². The number of hydrogen-bond acceptors (Lipinski definition) is 4. The van der Waals surface area contributed by atoms with Gasteiger partial charge >= 0.3 is 0 Å². The molecular weight excluding hydrogens is 346 g/mol. The summed E-state index contributed by atoms with van der Waals surface area (Å²) in [4.78, 5) is 15.9. The fourth-order valence-corrected chi connectivity index (χ4v) is 3.97. The van der Waals surface area contributed by atoms with Gasteiger partial charge in [0.2, 0.25) is 0 Å². The van der Waals surface area contributed by atoms with Crippen molar-refractivity contribution in [3.8, 4) is 22.5 Å². The summed E-state index contributed by atoms with van der Waals surface area (Å²) in [6.45, 7) is 2.19. The summed E-state index contributed by atoms with van der Waals surface area (Å²) in [6.07, 6.45) is 11.4. The molecule has 0 radical (unpaired) electrons. The number of pyridine rings is 2. The quantitative estimate of drug-likeness (QED) is 0.526. The fourth-order valence-electron chi connectivity index (χ4n) is 3.97.